The fraction of sp³-hybridized carbons (Fsp3) is 1.00. The van der Waals surface area contributed by atoms with Crippen molar-refractivity contribution in [3.05, 3.63) is 0 Å². The molecule has 1 heterocycles. The molecule has 0 aromatic rings. The molecule has 1 unspecified atom stereocenters. The zero-order valence-corrected chi connectivity index (χ0v) is 10.0. The maximum Gasteiger partial charge on any atom is 0.0816 e. The molecular weight excluding hydrogens is 178 g/mol. The van der Waals surface area contributed by atoms with Crippen molar-refractivity contribution < 1.29 is 4.74 Å². The lowest BCUT2D eigenvalue weighted by atomic mass is 10.2. The van der Waals surface area contributed by atoms with Crippen molar-refractivity contribution in [2.75, 3.05) is 13.2 Å². The van der Waals surface area contributed by atoms with Crippen LogP contribution in [0, 0.1) is 0 Å². The molecule has 2 N–H and O–H groups in total. The summed E-state index contributed by atoms with van der Waals surface area (Å²) in [5.74, 6) is 0. The Bertz CT molecular complexity index is 144. The topological polar surface area (TPSA) is 35.2 Å². The highest BCUT2D eigenvalue weighted by Gasteiger charge is 2.32. The van der Waals surface area contributed by atoms with Crippen molar-refractivity contribution in [3.8, 4) is 0 Å². The summed E-state index contributed by atoms with van der Waals surface area (Å²) in [7, 11) is -1.13. The highest BCUT2D eigenvalue weighted by atomic mass is 28.3. The van der Waals surface area contributed by atoms with Gasteiger partial charge in [-0.2, -0.15) is 0 Å². The fourth-order valence-electron chi connectivity index (χ4n) is 2.08. The molecule has 1 fully saturated rings. The molecule has 0 aromatic carbocycles. The molecule has 0 saturated carbocycles. The Morgan fingerprint density at radius 3 is 2.69 bits per heavy atom. The smallest absolute Gasteiger partial charge is 0.0816 e. The van der Waals surface area contributed by atoms with Crippen LogP contribution < -0.4 is 5.73 Å². The van der Waals surface area contributed by atoms with Gasteiger partial charge < -0.3 is 10.5 Å². The van der Waals surface area contributed by atoms with Gasteiger partial charge in [0.2, 0.25) is 0 Å². The normalized spacial score (nSPS) is 24.7. The van der Waals surface area contributed by atoms with Gasteiger partial charge in [-0.25, -0.2) is 0 Å². The lowest BCUT2D eigenvalue weighted by Gasteiger charge is -2.35. The Labute approximate surface area is 82.9 Å². The molecule has 1 aliphatic heterocycles. The van der Waals surface area contributed by atoms with Gasteiger partial charge in [-0.15, -0.1) is 0 Å². The quantitative estimate of drug-likeness (QED) is 0.707. The molecule has 0 bridgehead atoms. The first kappa shape index (κ1) is 11.2. The average Bonchev–Trinajstić information content (AvgIpc) is 2.16. The summed E-state index contributed by atoms with van der Waals surface area (Å²) in [6, 6.07) is 1.33. The number of hydrogen-bond donors (Lipinski definition) is 1. The first-order valence-electron chi connectivity index (χ1n) is 5.48. The summed E-state index contributed by atoms with van der Waals surface area (Å²) in [5.41, 5.74) is 6.15. The van der Waals surface area contributed by atoms with Crippen molar-refractivity contribution >= 4 is 8.07 Å². The van der Waals surface area contributed by atoms with Crippen molar-refractivity contribution in [2.45, 2.75) is 50.5 Å². The first-order chi connectivity index (χ1) is 6.17. The second-order valence-corrected chi connectivity index (χ2v) is 9.86. The van der Waals surface area contributed by atoms with Gasteiger partial charge in [0.1, 0.15) is 0 Å². The molecule has 0 aliphatic carbocycles. The van der Waals surface area contributed by atoms with Crippen LogP contribution in [-0.4, -0.2) is 27.0 Å². The SMILES string of the molecule is C[Si](C)(CCCN)C1CCCCO1. The molecule has 1 rings (SSSR count). The number of ether oxygens (including phenoxy) is 1. The van der Waals surface area contributed by atoms with E-state index in [1.165, 1.54) is 31.7 Å². The molecular formula is C10H23NOSi. The van der Waals surface area contributed by atoms with Crippen LogP contribution in [-0.2, 0) is 4.74 Å². The van der Waals surface area contributed by atoms with Gasteiger partial charge in [0.25, 0.3) is 0 Å². The molecule has 1 atom stereocenters. The van der Waals surface area contributed by atoms with Crippen molar-refractivity contribution in [3.63, 3.8) is 0 Å². The van der Waals surface area contributed by atoms with E-state index in [0.29, 0.717) is 5.73 Å². The van der Waals surface area contributed by atoms with E-state index in [-0.39, 0.29) is 0 Å². The van der Waals surface area contributed by atoms with Crippen LogP contribution in [0.2, 0.25) is 19.1 Å². The van der Waals surface area contributed by atoms with E-state index in [1.807, 2.05) is 0 Å². The minimum Gasteiger partial charge on any atom is -0.382 e. The first-order valence-corrected chi connectivity index (χ1v) is 8.77. The van der Waals surface area contributed by atoms with Crippen LogP contribution in [0.15, 0.2) is 0 Å². The molecule has 78 valence electrons. The highest BCUT2D eigenvalue weighted by molar-refractivity contribution is 6.78. The van der Waals surface area contributed by atoms with Gasteiger partial charge >= 0.3 is 0 Å². The van der Waals surface area contributed by atoms with E-state index < -0.39 is 8.07 Å². The molecule has 0 aromatic heterocycles. The van der Waals surface area contributed by atoms with Crippen LogP contribution in [0.25, 0.3) is 0 Å². The monoisotopic (exact) mass is 201 g/mol. The Morgan fingerprint density at radius 2 is 2.15 bits per heavy atom. The molecule has 1 saturated heterocycles. The predicted molar refractivity (Wildman–Crippen MR) is 59.6 cm³/mol. The summed E-state index contributed by atoms with van der Waals surface area (Å²) in [6.07, 6.45) is 5.10. The third-order valence-electron chi connectivity index (χ3n) is 3.08. The highest BCUT2D eigenvalue weighted by Crippen LogP contribution is 2.26. The second kappa shape index (κ2) is 5.13. The second-order valence-electron chi connectivity index (χ2n) is 4.74. The maximum atomic E-state index is 5.86. The van der Waals surface area contributed by atoms with E-state index >= 15 is 0 Å². The minimum absolute atomic E-state index is 0.604. The third-order valence-corrected chi connectivity index (χ3v) is 6.92. The molecule has 1 aliphatic rings. The standard InChI is InChI=1S/C10H23NOSi/c1-13(2,9-5-7-11)10-6-3-4-8-12-10/h10H,3-9,11H2,1-2H3. The summed E-state index contributed by atoms with van der Waals surface area (Å²) < 4.78 is 5.86. The van der Waals surface area contributed by atoms with Crippen molar-refractivity contribution in [2.24, 2.45) is 5.73 Å². The molecule has 3 heteroatoms. The molecule has 2 nitrogen and oxygen atoms in total. The van der Waals surface area contributed by atoms with E-state index in [4.69, 9.17) is 10.5 Å². The number of nitrogens with two attached hydrogens (primary N) is 1. The van der Waals surface area contributed by atoms with Gasteiger partial charge in [0, 0.05) is 12.3 Å². The van der Waals surface area contributed by atoms with Crippen LogP contribution in [0.4, 0.5) is 0 Å². The Hall–Kier alpha value is 0.137. The number of hydrogen-bond acceptors (Lipinski definition) is 2. The summed E-state index contributed by atoms with van der Waals surface area (Å²) >= 11 is 0. The van der Waals surface area contributed by atoms with E-state index in [9.17, 15) is 0 Å². The largest absolute Gasteiger partial charge is 0.382 e. The van der Waals surface area contributed by atoms with Crippen LogP contribution in [0.3, 0.4) is 0 Å². The van der Waals surface area contributed by atoms with Crippen molar-refractivity contribution in [1.82, 2.24) is 0 Å². The lowest BCUT2D eigenvalue weighted by Crippen LogP contribution is -2.45. The Morgan fingerprint density at radius 1 is 1.38 bits per heavy atom. The zero-order valence-electron chi connectivity index (χ0n) is 9.01. The van der Waals surface area contributed by atoms with Crippen LogP contribution >= 0.6 is 0 Å². The Kier molecular flexibility index (Phi) is 4.42. The van der Waals surface area contributed by atoms with Gasteiger partial charge in [-0.05, 0) is 32.2 Å². The van der Waals surface area contributed by atoms with Crippen LogP contribution in [0.5, 0.6) is 0 Å². The maximum absolute atomic E-state index is 5.86. The third kappa shape index (κ3) is 3.41. The van der Waals surface area contributed by atoms with Gasteiger partial charge in [-0.3, -0.25) is 0 Å². The summed E-state index contributed by atoms with van der Waals surface area (Å²) in [4.78, 5) is 0. The minimum atomic E-state index is -1.13. The van der Waals surface area contributed by atoms with Gasteiger partial charge in [0.15, 0.2) is 0 Å². The Balaban J connectivity index is 2.36. The number of rotatable bonds is 4. The lowest BCUT2D eigenvalue weighted by molar-refractivity contribution is 0.0597. The molecule has 0 spiro atoms. The van der Waals surface area contributed by atoms with E-state index in [0.717, 1.165) is 13.2 Å². The van der Waals surface area contributed by atoms with E-state index in [1.54, 1.807) is 0 Å². The molecule has 0 amide bonds. The van der Waals surface area contributed by atoms with Crippen LogP contribution in [0.1, 0.15) is 25.7 Å². The summed E-state index contributed by atoms with van der Waals surface area (Å²) in [5, 5.41) is 0. The van der Waals surface area contributed by atoms with Crippen molar-refractivity contribution in [1.29, 1.82) is 0 Å². The zero-order chi connectivity index (χ0) is 9.73. The molecule has 13 heavy (non-hydrogen) atoms. The summed E-state index contributed by atoms with van der Waals surface area (Å²) in [6.45, 7) is 6.71. The van der Waals surface area contributed by atoms with Gasteiger partial charge in [-0.1, -0.05) is 19.1 Å². The molecule has 0 radical (unpaired) electrons. The fourth-order valence-corrected chi connectivity index (χ4v) is 5.07. The van der Waals surface area contributed by atoms with E-state index in [2.05, 4.69) is 13.1 Å². The predicted octanol–water partition coefficient (Wildman–Crippen LogP) is 2.15. The average molecular weight is 201 g/mol. The van der Waals surface area contributed by atoms with Gasteiger partial charge in [0.05, 0.1) is 8.07 Å².